The lowest BCUT2D eigenvalue weighted by Crippen LogP contribution is -2.30. The first-order valence-electron chi connectivity index (χ1n) is 6.56. The molecule has 2 rings (SSSR count). The predicted molar refractivity (Wildman–Crippen MR) is 91.4 cm³/mol. The van der Waals surface area contributed by atoms with Crippen molar-refractivity contribution in [3.63, 3.8) is 0 Å². The molecule has 0 radical (unpaired) electrons. The van der Waals surface area contributed by atoms with Crippen molar-refractivity contribution in [2.45, 2.75) is 20.0 Å². The van der Waals surface area contributed by atoms with Crippen LogP contribution in [0.25, 0.3) is 0 Å². The highest BCUT2D eigenvalue weighted by molar-refractivity contribution is 6.42. The van der Waals surface area contributed by atoms with Crippen LogP contribution in [0, 0.1) is 6.92 Å². The highest BCUT2D eigenvalue weighted by atomic mass is 35.5. The maximum atomic E-state index is 12.2. The molecule has 0 aliphatic rings. The highest BCUT2D eigenvalue weighted by Crippen LogP contribution is 2.32. The number of halogens is 3. The van der Waals surface area contributed by atoms with E-state index in [0.29, 0.717) is 21.5 Å². The zero-order valence-electron chi connectivity index (χ0n) is 12.0. The van der Waals surface area contributed by atoms with Gasteiger partial charge < -0.3 is 10.1 Å². The summed E-state index contributed by atoms with van der Waals surface area (Å²) in [5.74, 6) is 0.0219. The molecule has 0 spiro atoms. The van der Waals surface area contributed by atoms with Crippen LogP contribution < -0.4 is 10.1 Å². The number of hydrogen-bond acceptors (Lipinski definition) is 2. The van der Waals surface area contributed by atoms with Gasteiger partial charge in [-0.05, 0) is 43.7 Å². The lowest BCUT2D eigenvalue weighted by atomic mass is 10.2. The van der Waals surface area contributed by atoms with Crippen molar-refractivity contribution in [2.75, 3.05) is 5.32 Å². The number of rotatable bonds is 4. The lowest BCUT2D eigenvalue weighted by molar-refractivity contribution is -0.122. The Balaban J connectivity index is 2.07. The molecule has 22 heavy (non-hydrogen) atoms. The van der Waals surface area contributed by atoms with Crippen LogP contribution in [-0.2, 0) is 4.79 Å². The molecule has 3 nitrogen and oxygen atoms in total. The molecule has 0 fully saturated rings. The van der Waals surface area contributed by atoms with Gasteiger partial charge in [0, 0.05) is 0 Å². The Bertz CT molecular complexity index is 704. The van der Waals surface area contributed by atoms with Crippen LogP contribution >= 0.6 is 34.8 Å². The molecular weight excluding hydrogens is 345 g/mol. The van der Waals surface area contributed by atoms with Crippen molar-refractivity contribution >= 4 is 46.4 Å². The minimum atomic E-state index is -0.756. The Morgan fingerprint density at radius 2 is 1.86 bits per heavy atom. The molecule has 1 N–H and O–H groups in total. The van der Waals surface area contributed by atoms with Gasteiger partial charge >= 0.3 is 0 Å². The highest BCUT2D eigenvalue weighted by Gasteiger charge is 2.18. The molecule has 2 aromatic carbocycles. The van der Waals surface area contributed by atoms with Crippen LogP contribution in [0.4, 0.5) is 5.69 Å². The first-order chi connectivity index (χ1) is 10.4. The fraction of sp³-hybridized carbons (Fsp3) is 0.188. The number of benzene rings is 2. The molecule has 2 aromatic rings. The molecule has 0 bridgehead atoms. The van der Waals surface area contributed by atoms with E-state index in [9.17, 15) is 4.79 Å². The Morgan fingerprint density at radius 1 is 1.14 bits per heavy atom. The van der Waals surface area contributed by atoms with Gasteiger partial charge in [0.2, 0.25) is 0 Å². The quantitative estimate of drug-likeness (QED) is 0.799. The number of anilines is 1. The van der Waals surface area contributed by atoms with Crippen LogP contribution in [0.15, 0.2) is 36.4 Å². The number of nitrogens with one attached hydrogen (secondary N) is 1. The van der Waals surface area contributed by atoms with E-state index in [1.54, 1.807) is 37.3 Å². The van der Waals surface area contributed by atoms with Crippen LogP contribution in [0.1, 0.15) is 12.5 Å². The second-order valence-electron chi connectivity index (χ2n) is 4.78. The second-order valence-corrected chi connectivity index (χ2v) is 5.98. The van der Waals surface area contributed by atoms with Gasteiger partial charge in [-0.25, -0.2) is 0 Å². The van der Waals surface area contributed by atoms with Crippen molar-refractivity contribution in [3.8, 4) is 5.75 Å². The van der Waals surface area contributed by atoms with E-state index in [2.05, 4.69) is 5.32 Å². The minimum absolute atomic E-state index is 0.275. The smallest absolute Gasteiger partial charge is 0.265 e. The Morgan fingerprint density at radius 3 is 2.55 bits per heavy atom. The molecule has 0 aliphatic heterocycles. The molecule has 0 heterocycles. The summed E-state index contributed by atoms with van der Waals surface area (Å²) < 4.78 is 5.55. The standard InChI is InChI=1S/C16H14Cl3NO2/c1-9-6-7-13(12(18)8-9)20-16(21)10(2)22-14-5-3-4-11(17)15(14)19/h3-8,10H,1-2H3,(H,20,21). The molecule has 1 amide bonds. The van der Waals surface area contributed by atoms with Gasteiger partial charge in [-0.2, -0.15) is 0 Å². The van der Waals surface area contributed by atoms with Crippen molar-refractivity contribution < 1.29 is 9.53 Å². The second kappa shape index (κ2) is 7.23. The third-order valence-electron chi connectivity index (χ3n) is 2.97. The SMILES string of the molecule is Cc1ccc(NC(=O)C(C)Oc2cccc(Cl)c2Cl)c(Cl)c1. The van der Waals surface area contributed by atoms with E-state index in [1.807, 2.05) is 13.0 Å². The van der Waals surface area contributed by atoms with E-state index in [0.717, 1.165) is 5.56 Å². The van der Waals surface area contributed by atoms with Crippen molar-refractivity contribution in [1.82, 2.24) is 0 Å². The topological polar surface area (TPSA) is 38.3 Å². The average Bonchev–Trinajstić information content (AvgIpc) is 2.46. The summed E-state index contributed by atoms with van der Waals surface area (Å²) in [5.41, 5.74) is 1.54. The summed E-state index contributed by atoms with van der Waals surface area (Å²) in [5, 5.41) is 3.84. The molecule has 1 atom stereocenters. The van der Waals surface area contributed by atoms with Gasteiger partial charge in [0.1, 0.15) is 10.8 Å². The maximum absolute atomic E-state index is 12.2. The number of carbonyl (C=O) groups is 1. The number of ether oxygens (including phenoxy) is 1. The molecule has 0 saturated heterocycles. The Labute approximate surface area is 144 Å². The van der Waals surface area contributed by atoms with Crippen molar-refractivity contribution in [2.24, 2.45) is 0 Å². The molecule has 0 aromatic heterocycles. The van der Waals surface area contributed by atoms with Crippen LogP contribution in [0.5, 0.6) is 5.75 Å². The average molecular weight is 359 g/mol. The van der Waals surface area contributed by atoms with E-state index in [1.165, 1.54) is 0 Å². The summed E-state index contributed by atoms with van der Waals surface area (Å²) in [4.78, 5) is 12.2. The third-order valence-corrected chi connectivity index (χ3v) is 4.09. The number of hydrogen-bond donors (Lipinski definition) is 1. The summed E-state index contributed by atoms with van der Waals surface area (Å²) >= 11 is 18.0. The maximum Gasteiger partial charge on any atom is 0.265 e. The largest absolute Gasteiger partial charge is 0.479 e. The zero-order chi connectivity index (χ0) is 16.3. The molecule has 0 saturated carbocycles. The summed E-state index contributed by atoms with van der Waals surface area (Å²) in [6, 6.07) is 10.4. The normalized spacial score (nSPS) is 11.9. The van der Waals surface area contributed by atoms with Gasteiger partial charge in [-0.1, -0.05) is 46.9 Å². The Kier molecular flexibility index (Phi) is 5.57. The van der Waals surface area contributed by atoms with E-state index < -0.39 is 6.10 Å². The van der Waals surface area contributed by atoms with Gasteiger partial charge in [0.05, 0.1) is 15.7 Å². The molecular formula is C16H14Cl3NO2. The molecule has 116 valence electrons. The minimum Gasteiger partial charge on any atom is -0.479 e. The summed E-state index contributed by atoms with van der Waals surface area (Å²) in [6.07, 6.45) is -0.756. The molecule has 1 unspecified atom stereocenters. The first-order valence-corrected chi connectivity index (χ1v) is 7.69. The third kappa shape index (κ3) is 4.07. The molecule has 6 heteroatoms. The monoisotopic (exact) mass is 357 g/mol. The van der Waals surface area contributed by atoms with E-state index in [4.69, 9.17) is 39.5 Å². The lowest BCUT2D eigenvalue weighted by Gasteiger charge is -2.16. The van der Waals surface area contributed by atoms with Gasteiger partial charge in [-0.15, -0.1) is 0 Å². The summed E-state index contributed by atoms with van der Waals surface area (Å²) in [6.45, 7) is 3.54. The zero-order valence-corrected chi connectivity index (χ0v) is 14.3. The van der Waals surface area contributed by atoms with Crippen molar-refractivity contribution in [1.29, 1.82) is 0 Å². The van der Waals surface area contributed by atoms with Gasteiger partial charge in [-0.3, -0.25) is 4.79 Å². The summed E-state index contributed by atoms with van der Waals surface area (Å²) in [7, 11) is 0. The first kappa shape index (κ1) is 16.9. The van der Waals surface area contributed by atoms with Crippen LogP contribution in [0.3, 0.4) is 0 Å². The van der Waals surface area contributed by atoms with Gasteiger partial charge in [0.25, 0.3) is 5.91 Å². The fourth-order valence-electron chi connectivity index (χ4n) is 1.77. The van der Waals surface area contributed by atoms with E-state index in [-0.39, 0.29) is 10.9 Å². The number of amides is 1. The van der Waals surface area contributed by atoms with Crippen LogP contribution in [0.2, 0.25) is 15.1 Å². The van der Waals surface area contributed by atoms with Crippen molar-refractivity contribution in [3.05, 3.63) is 57.0 Å². The van der Waals surface area contributed by atoms with Crippen LogP contribution in [-0.4, -0.2) is 12.0 Å². The number of aryl methyl sites for hydroxylation is 1. The van der Waals surface area contributed by atoms with E-state index >= 15 is 0 Å². The van der Waals surface area contributed by atoms with Gasteiger partial charge in [0.15, 0.2) is 6.10 Å². The predicted octanol–water partition coefficient (Wildman–Crippen LogP) is 5.36. The number of carbonyl (C=O) groups excluding carboxylic acids is 1. The Hall–Kier alpha value is -1.42. The molecule has 0 aliphatic carbocycles. The fourth-order valence-corrected chi connectivity index (χ4v) is 2.39.